The van der Waals surface area contributed by atoms with E-state index < -0.39 is 0 Å². The van der Waals surface area contributed by atoms with E-state index in [1.165, 1.54) is 16.8 Å². The fraction of sp³-hybridized carbons (Fsp3) is 0.600. The van der Waals surface area contributed by atoms with E-state index in [-0.39, 0.29) is 29.0 Å². The van der Waals surface area contributed by atoms with Gasteiger partial charge in [-0.15, -0.1) is 0 Å². The largest absolute Gasteiger partial charge is 0.354 e. The number of hydrogen-bond donors (Lipinski definition) is 2. The molecule has 122 valence electrons. The number of carbonyl (C=O) groups is 2. The Morgan fingerprint density at radius 2 is 1.91 bits per heavy atom. The molecule has 7 heteroatoms. The number of hydrogen-bond acceptors (Lipinski definition) is 4. The number of amides is 2. The summed E-state index contributed by atoms with van der Waals surface area (Å²) in [7, 11) is 0. The van der Waals surface area contributed by atoms with Gasteiger partial charge in [-0.1, -0.05) is 27.2 Å². The minimum absolute atomic E-state index is 0.0551. The molecule has 1 heterocycles. The van der Waals surface area contributed by atoms with Crippen LogP contribution in [0.3, 0.4) is 0 Å². The first kappa shape index (κ1) is 17.9. The Morgan fingerprint density at radius 3 is 2.55 bits per heavy atom. The van der Waals surface area contributed by atoms with Gasteiger partial charge in [-0.25, -0.2) is 4.68 Å². The lowest BCUT2D eigenvalue weighted by atomic mass is 10.2. The van der Waals surface area contributed by atoms with Crippen LogP contribution >= 0.6 is 0 Å². The van der Waals surface area contributed by atoms with Crippen molar-refractivity contribution in [3.8, 4) is 0 Å². The van der Waals surface area contributed by atoms with E-state index in [4.69, 9.17) is 0 Å². The van der Waals surface area contributed by atoms with Gasteiger partial charge in [0.2, 0.25) is 5.91 Å². The van der Waals surface area contributed by atoms with Crippen LogP contribution in [0, 0.1) is 5.92 Å². The Labute approximate surface area is 130 Å². The first-order valence-electron chi connectivity index (χ1n) is 7.59. The number of nitrogens with one attached hydrogen (secondary N) is 2. The molecule has 7 nitrogen and oxygen atoms in total. The Balaban J connectivity index is 2.52. The summed E-state index contributed by atoms with van der Waals surface area (Å²) in [5.41, 5.74) is -0.0138. The fourth-order valence-corrected chi connectivity index (χ4v) is 1.69. The molecule has 2 N–H and O–H groups in total. The quantitative estimate of drug-likeness (QED) is 0.686. The van der Waals surface area contributed by atoms with Crippen LogP contribution in [0.2, 0.25) is 0 Å². The molecule has 1 rings (SSSR count). The van der Waals surface area contributed by atoms with Crippen molar-refractivity contribution < 1.29 is 9.59 Å². The molecule has 1 aromatic heterocycles. The molecule has 0 aliphatic heterocycles. The van der Waals surface area contributed by atoms with Gasteiger partial charge in [0.15, 0.2) is 0 Å². The van der Waals surface area contributed by atoms with E-state index in [9.17, 15) is 14.4 Å². The molecular formula is C15H24N4O3. The van der Waals surface area contributed by atoms with E-state index in [0.29, 0.717) is 19.6 Å². The summed E-state index contributed by atoms with van der Waals surface area (Å²) < 4.78 is 1.30. The van der Waals surface area contributed by atoms with Crippen LogP contribution in [0.15, 0.2) is 16.9 Å². The third-order valence-electron chi connectivity index (χ3n) is 3.06. The van der Waals surface area contributed by atoms with Crippen molar-refractivity contribution in [2.24, 2.45) is 5.92 Å². The summed E-state index contributed by atoms with van der Waals surface area (Å²) in [6.07, 6.45) is 1.78. The maximum absolute atomic E-state index is 12.0. The average Bonchev–Trinajstić information content (AvgIpc) is 2.50. The van der Waals surface area contributed by atoms with Gasteiger partial charge >= 0.3 is 0 Å². The lowest BCUT2D eigenvalue weighted by Gasteiger charge is -2.09. The van der Waals surface area contributed by atoms with Crippen molar-refractivity contribution in [3.63, 3.8) is 0 Å². The van der Waals surface area contributed by atoms with Gasteiger partial charge in [0.1, 0.15) is 5.69 Å². The predicted molar refractivity (Wildman–Crippen MR) is 83.6 cm³/mol. The van der Waals surface area contributed by atoms with Gasteiger partial charge in [-0.3, -0.25) is 14.4 Å². The van der Waals surface area contributed by atoms with Gasteiger partial charge in [0, 0.05) is 31.6 Å². The van der Waals surface area contributed by atoms with Gasteiger partial charge in [0.25, 0.3) is 11.5 Å². The van der Waals surface area contributed by atoms with Gasteiger partial charge < -0.3 is 10.6 Å². The molecule has 1 aromatic rings. The molecule has 0 unspecified atom stereocenters. The van der Waals surface area contributed by atoms with Crippen LogP contribution in [0.1, 0.15) is 44.1 Å². The smallest absolute Gasteiger partial charge is 0.271 e. The third kappa shape index (κ3) is 5.67. The highest BCUT2D eigenvalue weighted by Crippen LogP contribution is 1.94. The van der Waals surface area contributed by atoms with Crippen LogP contribution < -0.4 is 16.2 Å². The van der Waals surface area contributed by atoms with E-state index in [2.05, 4.69) is 15.7 Å². The number of rotatable bonds is 8. The van der Waals surface area contributed by atoms with E-state index in [0.717, 1.165) is 12.8 Å². The fourth-order valence-electron chi connectivity index (χ4n) is 1.69. The summed E-state index contributed by atoms with van der Waals surface area (Å²) in [5, 5.41) is 9.43. The van der Waals surface area contributed by atoms with Gasteiger partial charge in [-0.2, -0.15) is 5.10 Å². The van der Waals surface area contributed by atoms with E-state index in [1.807, 2.05) is 6.92 Å². The van der Waals surface area contributed by atoms with Crippen molar-refractivity contribution in [2.45, 2.75) is 40.2 Å². The molecule has 0 aromatic carbocycles. The maximum atomic E-state index is 12.0. The zero-order valence-electron chi connectivity index (χ0n) is 13.4. The molecule has 2 amide bonds. The minimum atomic E-state index is -0.357. The van der Waals surface area contributed by atoms with Crippen molar-refractivity contribution in [3.05, 3.63) is 28.2 Å². The Morgan fingerprint density at radius 1 is 1.23 bits per heavy atom. The van der Waals surface area contributed by atoms with E-state index in [1.54, 1.807) is 13.8 Å². The standard InChI is InChI=1S/C15H24N4O3/c1-4-5-10-19-13(20)7-6-12(18-19)15(22)17-9-8-16-14(21)11(2)3/h6-7,11H,4-5,8-10H2,1-3H3,(H,16,21)(H,17,22). The summed E-state index contributed by atoms with van der Waals surface area (Å²) in [5.74, 6) is -0.496. The molecule has 0 saturated heterocycles. The lowest BCUT2D eigenvalue weighted by Crippen LogP contribution is -2.37. The average molecular weight is 308 g/mol. The van der Waals surface area contributed by atoms with Crippen LogP contribution in [0.25, 0.3) is 0 Å². The summed E-state index contributed by atoms with van der Waals surface area (Å²) in [6.45, 7) is 6.80. The maximum Gasteiger partial charge on any atom is 0.271 e. The molecule has 0 bridgehead atoms. The number of unbranched alkanes of at least 4 members (excludes halogenated alkanes) is 1. The zero-order chi connectivity index (χ0) is 16.5. The highest BCUT2D eigenvalue weighted by Gasteiger charge is 2.10. The first-order valence-corrected chi connectivity index (χ1v) is 7.59. The molecule has 22 heavy (non-hydrogen) atoms. The van der Waals surface area contributed by atoms with Crippen LogP contribution in [-0.2, 0) is 11.3 Å². The second-order valence-corrected chi connectivity index (χ2v) is 5.34. The molecular weight excluding hydrogens is 284 g/mol. The van der Waals surface area contributed by atoms with Crippen LogP contribution in [0.4, 0.5) is 0 Å². The topological polar surface area (TPSA) is 93.1 Å². The lowest BCUT2D eigenvalue weighted by molar-refractivity contribution is -0.123. The molecule has 0 atom stereocenters. The number of aryl methyl sites for hydroxylation is 1. The van der Waals surface area contributed by atoms with Crippen molar-refractivity contribution in [2.75, 3.05) is 13.1 Å². The molecule has 0 spiro atoms. The second kappa shape index (κ2) is 8.96. The zero-order valence-corrected chi connectivity index (χ0v) is 13.4. The Kier molecular flexibility index (Phi) is 7.28. The highest BCUT2D eigenvalue weighted by molar-refractivity contribution is 5.92. The summed E-state index contributed by atoms with van der Waals surface area (Å²) in [6, 6.07) is 2.75. The van der Waals surface area contributed by atoms with Gasteiger partial charge in [-0.05, 0) is 12.5 Å². The number of aromatic nitrogens is 2. The van der Waals surface area contributed by atoms with Crippen LogP contribution in [-0.4, -0.2) is 34.7 Å². The SMILES string of the molecule is CCCCn1nc(C(=O)NCCNC(=O)C(C)C)ccc1=O. The minimum Gasteiger partial charge on any atom is -0.354 e. The van der Waals surface area contributed by atoms with Crippen molar-refractivity contribution in [1.29, 1.82) is 0 Å². The molecule has 0 aliphatic rings. The molecule has 0 radical (unpaired) electrons. The van der Waals surface area contributed by atoms with Crippen molar-refractivity contribution in [1.82, 2.24) is 20.4 Å². The predicted octanol–water partition coefficient (Wildman–Crippen LogP) is 0.545. The van der Waals surface area contributed by atoms with E-state index >= 15 is 0 Å². The number of carbonyl (C=O) groups excluding carboxylic acids is 2. The van der Waals surface area contributed by atoms with Crippen molar-refractivity contribution >= 4 is 11.8 Å². The molecule has 0 aliphatic carbocycles. The van der Waals surface area contributed by atoms with Gasteiger partial charge in [0.05, 0.1) is 0 Å². The van der Waals surface area contributed by atoms with Crippen LogP contribution in [0.5, 0.6) is 0 Å². The number of nitrogens with zero attached hydrogens (tertiary/aromatic N) is 2. The highest BCUT2D eigenvalue weighted by atomic mass is 16.2. The molecule has 0 saturated carbocycles. The summed E-state index contributed by atoms with van der Waals surface area (Å²) >= 11 is 0. The normalized spacial score (nSPS) is 10.5. The Bertz CT molecular complexity index is 566. The first-order chi connectivity index (χ1) is 10.5. The Hall–Kier alpha value is -2.18. The molecule has 0 fully saturated rings. The third-order valence-corrected chi connectivity index (χ3v) is 3.06. The summed E-state index contributed by atoms with van der Waals surface area (Å²) in [4.78, 5) is 34.9. The second-order valence-electron chi connectivity index (χ2n) is 5.34. The monoisotopic (exact) mass is 308 g/mol.